The molecule has 1 atom stereocenters. The highest BCUT2D eigenvalue weighted by atomic mass is 32.2. The fourth-order valence-corrected chi connectivity index (χ4v) is 2.91. The third kappa shape index (κ3) is 3.71. The van der Waals surface area contributed by atoms with Crippen LogP contribution in [0.2, 0.25) is 0 Å². The van der Waals surface area contributed by atoms with Crippen LogP contribution in [0.25, 0.3) is 0 Å². The maximum absolute atomic E-state index is 11.2. The predicted octanol–water partition coefficient (Wildman–Crippen LogP) is 2.44. The van der Waals surface area contributed by atoms with E-state index in [2.05, 4.69) is 47.3 Å². The molecule has 0 bridgehead atoms. The van der Waals surface area contributed by atoms with Crippen molar-refractivity contribution in [2.45, 2.75) is 25.0 Å². The van der Waals surface area contributed by atoms with E-state index in [-0.39, 0.29) is 11.6 Å². The molecule has 0 saturated carbocycles. The normalized spacial score (nSPS) is 12.3. The first kappa shape index (κ1) is 14.8. The smallest absolute Gasteiger partial charge is 0.251 e. The molecule has 0 radical (unpaired) electrons. The summed E-state index contributed by atoms with van der Waals surface area (Å²) in [5, 5.41) is 3.96. The van der Waals surface area contributed by atoms with Crippen LogP contribution in [-0.2, 0) is 0 Å². The van der Waals surface area contributed by atoms with Gasteiger partial charge in [-0.2, -0.15) is 0 Å². The lowest BCUT2D eigenvalue weighted by Gasteiger charge is -2.17. The van der Waals surface area contributed by atoms with E-state index in [9.17, 15) is 4.79 Å². The molecule has 20 heavy (non-hydrogen) atoms. The van der Waals surface area contributed by atoms with Crippen molar-refractivity contribution < 1.29 is 0 Å². The highest BCUT2D eigenvalue weighted by Crippen LogP contribution is 2.23. The molecule has 0 amide bonds. The van der Waals surface area contributed by atoms with Crippen LogP contribution in [0.1, 0.15) is 22.7 Å². The zero-order valence-corrected chi connectivity index (χ0v) is 12.8. The van der Waals surface area contributed by atoms with Gasteiger partial charge in [-0.1, -0.05) is 30.0 Å². The number of hydrogen-bond donors (Lipinski definition) is 2. The number of aryl methyl sites for hydroxylation is 2. The minimum Gasteiger partial charge on any atom is -0.312 e. The van der Waals surface area contributed by atoms with Crippen molar-refractivity contribution in [2.24, 2.45) is 0 Å². The van der Waals surface area contributed by atoms with E-state index in [1.807, 2.05) is 7.05 Å². The van der Waals surface area contributed by atoms with Crippen molar-refractivity contribution in [1.82, 2.24) is 15.3 Å². The highest BCUT2D eigenvalue weighted by molar-refractivity contribution is 7.99. The van der Waals surface area contributed by atoms with Gasteiger partial charge in [0.25, 0.3) is 5.56 Å². The lowest BCUT2D eigenvalue weighted by molar-refractivity contribution is 0.660. The van der Waals surface area contributed by atoms with Crippen molar-refractivity contribution in [3.05, 3.63) is 57.5 Å². The van der Waals surface area contributed by atoms with Crippen LogP contribution in [-0.4, -0.2) is 22.8 Å². The van der Waals surface area contributed by atoms with E-state index in [1.165, 1.54) is 29.0 Å². The number of hydrogen-bond acceptors (Lipinski definition) is 4. The second-order valence-corrected chi connectivity index (χ2v) is 5.74. The van der Waals surface area contributed by atoms with E-state index in [0.29, 0.717) is 5.16 Å². The van der Waals surface area contributed by atoms with E-state index in [1.54, 1.807) is 11.8 Å². The summed E-state index contributed by atoms with van der Waals surface area (Å²) in [6, 6.07) is 8.14. The molecule has 1 aromatic heterocycles. The van der Waals surface area contributed by atoms with Crippen molar-refractivity contribution in [2.75, 3.05) is 12.8 Å². The fourth-order valence-electron chi connectivity index (χ4n) is 1.92. The molecule has 1 heterocycles. The molecule has 2 N–H and O–H groups in total. The average molecular weight is 289 g/mol. The van der Waals surface area contributed by atoms with Crippen LogP contribution in [0.3, 0.4) is 0 Å². The Morgan fingerprint density at radius 2 is 2.10 bits per heavy atom. The Labute approximate surface area is 123 Å². The first-order valence-corrected chi connectivity index (χ1v) is 7.51. The quantitative estimate of drug-likeness (QED) is 0.656. The van der Waals surface area contributed by atoms with Crippen LogP contribution in [0.5, 0.6) is 0 Å². The number of benzene rings is 1. The Kier molecular flexibility index (Phi) is 4.98. The molecule has 0 aliphatic carbocycles. The molecule has 0 aliphatic rings. The van der Waals surface area contributed by atoms with Gasteiger partial charge in [0.05, 0.1) is 0 Å². The average Bonchev–Trinajstić information content (AvgIpc) is 2.43. The van der Waals surface area contributed by atoms with Gasteiger partial charge in [0.1, 0.15) is 0 Å². The summed E-state index contributed by atoms with van der Waals surface area (Å²) < 4.78 is 0. The van der Waals surface area contributed by atoms with Gasteiger partial charge >= 0.3 is 0 Å². The van der Waals surface area contributed by atoms with Crippen LogP contribution in [0, 0.1) is 13.8 Å². The summed E-state index contributed by atoms with van der Waals surface area (Å²) in [6.07, 6.45) is 1.53. The number of aromatic amines is 1. The van der Waals surface area contributed by atoms with E-state index in [0.717, 1.165) is 5.75 Å². The maximum atomic E-state index is 11.2. The molecule has 2 rings (SSSR count). The summed E-state index contributed by atoms with van der Waals surface area (Å²) in [4.78, 5) is 18.1. The van der Waals surface area contributed by atoms with Gasteiger partial charge in [-0.05, 0) is 37.6 Å². The van der Waals surface area contributed by atoms with Gasteiger partial charge in [0, 0.05) is 24.1 Å². The van der Waals surface area contributed by atoms with Gasteiger partial charge < -0.3 is 10.3 Å². The van der Waals surface area contributed by atoms with Crippen LogP contribution in [0.15, 0.2) is 40.4 Å². The Morgan fingerprint density at radius 3 is 2.75 bits per heavy atom. The number of H-pyrrole nitrogens is 1. The minimum atomic E-state index is -0.116. The topological polar surface area (TPSA) is 57.8 Å². The number of thioether (sulfide) groups is 1. The molecule has 4 nitrogen and oxygen atoms in total. The Balaban J connectivity index is 2.09. The van der Waals surface area contributed by atoms with Crippen molar-refractivity contribution >= 4 is 11.8 Å². The summed E-state index contributed by atoms with van der Waals surface area (Å²) in [5.41, 5.74) is 3.72. The summed E-state index contributed by atoms with van der Waals surface area (Å²) in [6.45, 7) is 4.23. The van der Waals surface area contributed by atoms with Gasteiger partial charge in [-0.25, -0.2) is 4.98 Å². The third-order valence-electron chi connectivity index (χ3n) is 3.32. The number of aromatic nitrogens is 2. The minimum absolute atomic E-state index is 0.116. The monoisotopic (exact) mass is 289 g/mol. The molecule has 2 aromatic rings. The van der Waals surface area contributed by atoms with Crippen molar-refractivity contribution in [3.63, 3.8) is 0 Å². The lowest BCUT2D eigenvalue weighted by Crippen LogP contribution is -2.19. The van der Waals surface area contributed by atoms with Crippen LogP contribution >= 0.6 is 11.8 Å². The molecule has 0 fully saturated rings. The second-order valence-electron chi connectivity index (χ2n) is 4.74. The molecule has 106 valence electrons. The first-order valence-electron chi connectivity index (χ1n) is 6.52. The SMILES string of the molecule is CNC(CSc1nccc(=O)[nH]1)c1ccc(C)c(C)c1. The molecular formula is C15H19N3OS. The molecule has 1 unspecified atom stereocenters. The molecule has 0 saturated heterocycles. The predicted molar refractivity (Wildman–Crippen MR) is 83.3 cm³/mol. The van der Waals surface area contributed by atoms with E-state index >= 15 is 0 Å². The largest absolute Gasteiger partial charge is 0.312 e. The van der Waals surface area contributed by atoms with Crippen molar-refractivity contribution in [3.8, 4) is 0 Å². The molecule has 0 aliphatic heterocycles. The maximum Gasteiger partial charge on any atom is 0.251 e. The summed E-state index contributed by atoms with van der Waals surface area (Å²) >= 11 is 1.54. The number of rotatable bonds is 5. The lowest BCUT2D eigenvalue weighted by atomic mass is 10.0. The van der Waals surface area contributed by atoms with Gasteiger partial charge in [-0.3, -0.25) is 4.79 Å². The molecular weight excluding hydrogens is 270 g/mol. The number of nitrogens with one attached hydrogen (secondary N) is 2. The first-order chi connectivity index (χ1) is 9.60. The van der Waals surface area contributed by atoms with Crippen molar-refractivity contribution in [1.29, 1.82) is 0 Å². The standard InChI is InChI=1S/C15H19N3OS/c1-10-4-5-12(8-11(10)2)13(16-3)9-20-15-17-7-6-14(19)18-15/h4-8,13,16H,9H2,1-3H3,(H,17,18,19). The highest BCUT2D eigenvalue weighted by Gasteiger charge is 2.11. The Bertz CT molecular complexity index is 639. The zero-order valence-electron chi connectivity index (χ0n) is 11.9. The second kappa shape index (κ2) is 6.72. The Hall–Kier alpha value is -1.59. The van der Waals surface area contributed by atoms with E-state index < -0.39 is 0 Å². The molecule has 0 spiro atoms. The third-order valence-corrected chi connectivity index (χ3v) is 4.30. The fraction of sp³-hybridized carbons (Fsp3) is 0.333. The van der Waals surface area contributed by atoms with Crippen LogP contribution < -0.4 is 10.9 Å². The van der Waals surface area contributed by atoms with Crippen LogP contribution in [0.4, 0.5) is 0 Å². The van der Waals surface area contributed by atoms with Gasteiger partial charge in [0.2, 0.25) is 0 Å². The van der Waals surface area contributed by atoms with Gasteiger partial charge in [-0.15, -0.1) is 0 Å². The summed E-state index contributed by atoms with van der Waals surface area (Å²) in [5.74, 6) is 0.811. The van der Waals surface area contributed by atoms with E-state index in [4.69, 9.17) is 0 Å². The zero-order chi connectivity index (χ0) is 14.5. The molecule has 5 heteroatoms. The number of nitrogens with zero attached hydrogens (tertiary/aromatic N) is 1. The molecule has 1 aromatic carbocycles. The van der Waals surface area contributed by atoms with Gasteiger partial charge in [0.15, 0.2) is 5.16 Å². The Morgan fingerprint density at radius 1 is 1.30 bits per heavy atom. The summed E-state index contributed by atoms with van der Waals surface area (Å²) in [7, 11) is 1.95.